The normalized spacial score (nSPS) is 11.8. The molecule has 0 aliphatic carbocycles. The van der Waals surface area contributed by atoms with E-state index in [1.807, 2.05) is 0 Å². The highest BCUT2D eigenvalue weighted by Gasteiger charge is 2.10. The van der Waals surface area contributed by atoms with Gasteiger partial charge in [0.15, 0.2) is 0 Å². The summed E-state index contributed by atoms with van der Waals surface area (Å²) in [5, 5.41) is 3.26. The van der Waals surface area contributed by atoms with Crippen LogP contribution >= 0.6 is 0 Å². The first-order valence-corrected chi connectivity index (χ1v) is 6.98. The van der Waals surface area contributed by atoms with Crippen LogP contribution in [0.25, 0.3) is 0 Å². The second-order valence-corrected chi connectivity index (χ2v) is 4.74. The van der Waals surface area contributed by atoms with Gasteiger partial charge in [0.25, 0.3) is 0 Å². The topological polar surface area (TPSA) is 56.3 Å². The lowest BCUT2D eigenvalue weighted by molar-refractivity contribution is 0.372. The Kier molecular flexibility index (Phi) is 4.98. The molecular weight excluding hydrogens is 266 g/mol. The summed E-state index contributed by atoms with van der Waals surface area (Å²) >= 11 is 0. The Bertz CT molecular complexity index is 562. The zero-order valence-corrected chi connectivity index (χ0v) is 12.9. The van der Waals surface area contributed by atoms with Crippen LogP contribution in [0.5, 0.6) is 11.8 Å². The van der Waals surface area contributed by atoms with E-state index in [0.717, 1.165) is 6.42 Å². The standard InChI is InChI=1S/C16H21N3O2/c1-5-12-6-8-13(9-7-12)11(2)17-16-18-14(20-3)10-15(19-16)21-4/h6-11H,5H2,1-4H3,(H,17,18,19). The molecule has 1 atom stereocenters. The van der Waals surface area contributed by atoms with Crippen molar-refractivity contribution in [2.24, 2.45) is 0 Å². The number of aromatic nitrogens is 2. The SMILES string of the molecule is CCc1ccc(C(C)Nc2nc(OC)cc(OC)n2)cc1. The van der Waals surface area contributed by atoms with E-state index >= 15 is 0 Å². The Hall–Kier alpha value is -2.30. The number of hydrogen-bond acceptors (Lipinski definition) is 5. The minimum Gasteiger partial charge on any atom is -0.481 e. The van der Waals surface area contributed by atoms with Crippen LogP contribution in [0.15, 0.2) is 30.3 Å². The van der Waals surface area contributed by atoms with Crippen LogP contribution in [-0.2, 0) is 6.42 Å². The minimum atomic E-state index is 0.0905. The van der Waals surface area contributed by atoms with Gasteiger partial charge in [0.1, 0.15) is 0 Å². The number of hydrogen-bond donors (Lipinski definition) is 1. The summed E-state index contributed by atoms with van der Waals surface area (Å²) < 4.78 is 10.3. The van der Waals surface area contributed by atoms with E-state index in [0.29, 0.717) is 17.7 Å². The second kappa shape index (κ2) is 6.92. The van der Waals surface area contributed by atoms with Crippen LogP contribution in [0, 0.1) is 0 Å². The van der Waals surface area contributed by atoms with Gasteiger partial charge < -0.3 is 14.8 Å². The highest BCUT2D eigenvalue weighted by Crippen LogP contribution is 2.22. The third-order valence-corrected chi connectivity index (χ3v) is 3.33. The maximum Gasteiger partial charge on any atom is 0.229 e. The lowest BCUT2D eigenvalue weighted by Gasteiger charge is -2.15. The molecule has 1 N–H and O–H groups in total. The van der Waals surface area contributed by atoms with Crippen LogP contribution in [0.3, 0.4) is 0 Å². The van der Waals surface area contributed by atoms with Crippen molar-refractivity contribution in [2.45, 2.75) is 26.3 Å². The predicted octanol–water partition coefficient (Wildman–Crippen LogP) is 3.23. The third kappa shape index (κ3) is 3.84. The third-order valence-electron chi connectivity index (χ3n) is 3.33. The molecule has 0 saturated heterocycles. The van der Waals surface area contributed by atoms with Crippen molar-refractivity contribution in [2.75, 3.05) is 19.5 Å². The van der Waals surface area contributed by atoms with Gasteiger partial charge in [0.2, 0.25) is 17.7 Å². The van der Waals surface area contributed by atoms with Crippen LogP contribution in [0.4, 0.5) is 5.95 Å². The fourth-order valence-corrected chi connectivity index (χ4v) is 2.00. The van der Waals surface area contributed by atoms with E-state index in [1.54, 1.807) is 20.3 Å². The predicted molar refractivity (Wildman–Crippen MR) is 83.0 cm³/mol. The summed E-state index contributed by atoms with van der Waals surface area (Å²) in [7, 11) is 3.14. The molecule has 0 aliphatic rings. The summed E-state index contributed by atoms with van der Waals surface area (Å²) in [6, 6.07) is 10.3. The average Bonchev–Trinajstić information content (AvgIpc) is 2.54. The van der Waals surface area contributed by atoms with Crippen LogP contribution in [-0.4, -0.2) is 24.2 Å². The summed E-state index contributed by atoms with van der Waals surface area (Å²) in [5.74, 6) is 1.43. The molecule has 1 heterocycles. The van der Waals surface area contributed by atoms with Gasteiger partial charge in [-0.2, -0.15) is 9.97 Å². The molecule has 0 bridgehead atoms. The Balaban J connectivity index is 2.15. The number of methoxy groups -OCH3 is 2. The molecule has 5 heteroatoms. The first-order chi connectivity index (χ1) is 10.2. The number of ether oxygens (including phenoxy) is 2. The van der Waals surface area contributed by atoms with Crippen molar-refractivity contribution in [3.63, 3.8) is 0 Å². The van der Waals surface area contributed by atoms with E-state index in [2.05, 4.69) is 53.4 Å². The van der Waals surface area contributed by atoms with Gasteiger partial charge in [-0.15, -0.1) is 0 Å². The molecule has 0 fully saturated rings. The van der Waals surface area contributed by atoms with Gasteiger partial charge in [-0.25, -0.2) is 0 Å². The fourth-order valence-electron chi connectivity index (χ4n) is 2.00. The Morgan fingerprint density at radius 3 is 2.10 bits per heavy atom. The molecule has 2 aromatic rings. The quantitative estimate of drug-likeness (QED) is 0.884. The first kappa shape index (κ1) is 15.1. The van der Waals surface area contributed by atoms with Gasteiger partial charge in [0, 0.05) is 0 Å². The lowest BCUT2D eigenvalue weighted by Crippen LogP contribution is -2.10. The number of nitrogens with zero attached hydrogens (tertiary/aromatic N) is 2. The van der Waals surface area contributed by atoms with Crippen molar-refractivity contribution >= 4 is 5.95 Å². The Morgan fingerprint density at radius 1 is 1.05 bits per heavy atom. The Morgan fingerprint density at radius 2 is 1.62 bits per heavy atom. The second-order valence-electron chi connectivity index (χ2n) is 4.74. The molecule has 0 saturated carbocycles. The molecule has 0 amide bonds. The van der Waals surface area contributed by atoms with Crippen molar-refractivity contribution in [1.29, 1.82) is 0 Å². The smallest absolute Gasteiger partial charge is 0.229 e. The molecule has 2 rings (SSSR count). The molecule has 1 aromatic carbocycles. The molecule has 0 spiro atoms. The van der Waals surface area contributed by atoms with Crippen LogP contribution in [0.1, 0.15) is 31.0 Å². The van der Waals surface area contributed by atoms with Gasteiger partial charge in [-0.05, 0) is 24.5 Å². The van der Waals surface area contributed by atoms with Gasteiger partial charge in [0.05, 0.1) is 26.3 Å². The zero-order valence-electron chi connectivity index (χ0n) is 12.9. The average molecular weight is 287 g/mol. The van der Waals surface area contributed by atoms with Gasteiger partial charge >= 0.3 is 0 Å². The largest absolute Gasteiger partial charge is 0.481 e. The summed E-state index contributed by atoms with van der Waals surface area (Å²) in [5.41, 5.74) is 2.50. The van der Waals surface area contributed by atoms with Crippen molar-refractivity contribution < 1.29 is 9.47 Å². The number of nitrogens with one attached hydrogen (secondary N) is 1. The van der Waals surface area contributed by atoms with Crippen LogP contribution < -0.4 is 14.8 Å². The minimum absolute atomic E-state index is 0.0905. The fraction of sp³-hybridized carbons (Fsp3) is 0.375. The highest BCUT2D eigenvalue weighted by molar-refractivity contribution is 5.37. The van der Waals surface area contributed by atoms with Crippen molar-refractivity contribution in [3.05, 3.63) is 41.5 Å². The molecule has 1 unspecified atom stereocenters. The number of anilines is 1. The van der Waals surface area contributed by atoms with E-state index in [4.69, 9.17) is 9.47 Å². The number of aryl methyl sites for hydroxylation is 1. The van der Waals surface area contributed by atoms with Gasteiger partial charge in [-0.1, -0.05) is 31.2 Å². The molecule has 0 radical (unpaired) electrons. The summed E-state index contributed by atoms with van der Waals surface area (Å²) in [6.07, 6.45) is 1.04. The van der Waals surface area contributed by atoms with E-state index in [-0.39, 0.29) is 6.04 Å². The van der Waals surface area contributed by atoms with E-state index in [1.165, 1.54) is 11.1 Å². The van der Waals surface area contributed by atoms with Gasteiger partial charge in [-0.3, -0.25) is 0 Å². The number of rotatable bonds is 6. The first-order valence-electron chi connectivity index (χ1n) is 6.98. The van der Waals surface area contributed by atoms with Crippen molar-refractivity contribution in [3.8, 4) is 11.8 Å². The summed E-state index contributed by atoms with van der Waals surface area (Å²) in [4.78, 5) is 8.55. The zero-order chi connectivity index (χ0) is 15.2. The molecule has 112 valence electrons. The van der Waals surface area contributed by atoms with E-state index in [9.17, 15) is 0 Å². The maximum atomic E-state index is 5.14. The monoisotopic (exact) mass is 287 g/mol. The lowest BCUT2D eigenvalue weighted by atomic mass is 10.1. The Labute approximate surface area is 125 Å². The molecule has 5 nitrogen and oxygen atoms in total. The highest BCUT2D eigenvalue weighted by atomic mass is 16.5. The van der Waals surface area contributed by atoms with Crippen LogP contribution in [0.2, 0.25) is 0 Å². The molecule has 1 aromatic heterocycles. The van der Waals surface area contributed by atoms with E-state index < -0.39 is 0 Å². The number of benzene rings is 1. The van der Waals surface area contributed by atoms with Crippen molar-refractivity contribution in [1.82, 2.24) is 9.97 Å². The molecular formula is C16H21N3O2. The molecule has 21 heavy (non-hydrogen) atoms. The maximum absolute atomic E-state index is 5.14. The molecule has 0 aliphatic heterocycles. The summed E-state index contributed by atoms with van der Waals surface area (Å²) in [6.45, 7) is 4.21.